The number of hydrogen-bond donors (Lipinski definition) is 1. The van der Waals surface area contributed by atoms with Gasteiger partial charge in [0.15, 0.2) is 6.54 Å². The number of carbonyl (C=O) groups excluding carboxylic acids is 1. The molecule has 2 rings (SSSR count). The van der Waals surface area contributed by atoms with Crippen LogP contribution in [-0.2, 0) is 6.54 Å². The Labute approximate surface area is 88.4 Å². The van der Waals surface area contributed by atoms with Crippen LogP contribution in [0.5, 0.6) is 0 Å². The average Bonchev–Trinajstić information content (AvgIpc) is 2.71. The highest BCUT2D eigenvalue weighted by Gasteiger charge is 2.08. The van der Waals surface area contributed by atoms with E-state index in [0.29, 0.717) is 6.54 Å². The smallest absolute Gasteiger partial charge is 0.241 e. The van der Waals surface area contributed by atoms with Gasteiger partial charge in [-0.2, -0.15) is 0 Å². The molecule has 0 atom stereocenters. The van der Waals surface area contributed by atoms with Gasteiger partial charge in [-0.15, -0.1) is 0 Å². The van der Waals surface area contributed by atoms with Crippen LogP contribution in [0.2, 0.25) is 0 Å². The maximum atomic E-state index is 11.8. The number of H-pyrrole nitrogens is 1. The van der Waals surface area contributed by atoms with Gasteiger partial charge >= 0.3 is 0 Å². The zero-order chi connectivity index (χ0) is 10.7. The zero-order valence-corrected chi connectivity index (χ0v) is 8.60. The second kappa shape index (κ2) is 4.09. The van der Waals surface area contributed by atoms with E-state index in [0.717, 1.165) is 5.56 Å². The Kier molecular flexibility index (Phi) is 2.63. The standard InChI is InChI=1S/C12H12N2O/c1-10-2-4-11(5-3-10)12(15)8-14-7-6-13-9-14/h2-7,9H,8H2,1H3/p+1. The SMILES string of the molecule is Cc1ccc(C(=O)C[n+]2cc[nH]c2)cc1. The van der Waals surface area contributed by atoms with Crippen LogP contribution in [0.25, 0.3) is 0 Å². The molecule has 2 aromatic rings. The molecule has 1 N–H and O–H groups in total. The second-order valence-corrected chi connectivity index (χ2v) is 3.57. The van der Waals surface area contributed by atoms with Gasteiger partial charge in [0.2, 0.25) is 12.1 Å². The Morgan fingerprint density at radius 2 is 2.07 bits per heavy atom. The van der Waals surface area contributed by atoms with E-state index >= 15 is 0 Å². The Morgan fingerprint density at radius 1 is 1.33 bits per heavy atom. The maximum absolute atomic E-state index is 11.8. The maximum Gasteiger partial charge on any atom is 0.241 e. The first-order valence-electron chi connectivity index (χ1n) is 4.87. The molecule has 0 saturated heterocycles. The summed E-state index contributed by atoms with van der Waals surface area (Å²) in [6.07, 6.45) is 5.40. The van der Waals surface area contributed by atoms with Gasteiger partial charge in [-0.3, -0.25) is 9.78 Å². The predicted molar refractivity (Wildman–Crippen MR) is 56.5 cm³/mol. The quantitative estimate of drug-likeness (QED) is 0.593. The molecule has 1 aromatic carbocycles. The molecule has 0 unspecified atom stereocenters. The largest absolute Gasteiger partial charge is 0.290 e. The highest BCUT2D eigenvalue weighted by atomic mass is 16.1. The summed E-state index contributed by atoms with van der Waals surface area (Å²) in [5.74, 6) is 0.125. The van der Waals surface area contributed by atoms with Crippen LogP contribution < -0.4 is 4.57 Å². The van der Waals surface area contributed by atoms with Crippen molar-refractivity contribution in [1.82, 2.24) is 4.98 Å². The number of nitrogens with zero attached hydrogens (tertiary/aromatic N) is 1. The van der Waals surface area contributed by atoms with Crippen LogP contribution in [0, 0.1) is 6.92 Å². The van der Waals surface area contributed by atoms with E-state index < -0.39 is 0 Å². The molecule has 15 heavy (non-hydrogen) atoms. The molecule has 0 radical (unpaired) electrons. The lowest BCUT2D eigenvalue weighted by molar-refractivity contribution is -0.681. The lowest BCUT2D eigenvalue weighted by atomic mass is 10.1. The molecule has 0 bridgehead atoms. The minimum absolute atomic E-state index is 0.125. The molecule has 0 aliphatic heterocycles. The minimum atomic E-state index is 0.125. The number of nitrogens with one attached hydrogen (secondary N) is 1. The zero-order valence-electron chi connectivity index (χ0n) is 8.60. The third-order valence-electron chi connectivity index (χ3n) is 2.30. The van der Waals surface area contributed by atoms with Gasteiger partial charge in [0.05, 0.1) is 0 Å². The van der Waals surface area contributed by atoms with E-state index in [1.54, 1.807) is 12.5 Å². The molecular weight excluding hydrogens is 188 g/mol. The molecule has 0 aliphatic carbocycles. The summed E-state index contributed by atoms with van der Waals surface area (Å²) in [4.78, 5) is 14.7. The van der Waals surface area contributed by atoms with Gasteiger partial charge in [0.25, 0.3) is 0 Å². The van der Waals surface area contributed by atoms with E-state index in [4.69, 9.17) is 0 Å². The van der Waals surface area contributed by atoms with Crippen molar-refractivity contribution in [3.05, 3.63) is 54.1 Å². The first-order chi connectivity index (χ1) is 7.25. The molecule has 0 saturated carbocycles. The molecular formula is C12H13N2O+. The Morgan fingerprint density at radius 3 is 2.67 bits per heavy atom. The Balaban J connectivity index is 2.11. The van der Waals surface area contributed by atoms with Gasteiger partial charge in [0, 0.05) is 5.56 Å². The van der Waals surface area contributed by atoms with Crippen LogP contribution >= 0.6 is 0 Å². The number of aromatic nitrogens is 2. The summed E-state index contributed by atoms with van der Waals surface area (Å²) >= 11 is 0. The van der Waals surface area contributed by atoms with Gasteiger partial charge in [-0.25, -0.2) is 4.57 Å². The van der Waals surface area contributed by atoms with E-state index in [-0.39, 0.29) is 5.78 Å². The fraction of sp³-hybridized carbons (Fsp3) is 0.167. The van der Waals surface area contributed by atoms with Crippen LogP contribution in [0.3, 0.4) is 0 Å². The molecule has 76 valence electrons. The normalized spacial score (nSPS) is 10.2. The number of aryl methyl sites for hydroxylation is 1. The molecule has 0 fully saturated rings. The van der Waals surface area contributed by atoms with Gasteiger partial charge < -0.3 is 0 Å². The first kappa shape index (κ1) is 9.65. The monoisotopic (exact) mass is 201 g/mol. The number of Topliss-reactive ketones (excluding diaryl/α,β-unsaturated/α-hetero) is 1. The van der Waals surface area contributed by atoms with Gasteiger partial charge in [0.1, 0.15) is 12.4 Å². The highest BCUT2D eigenvalue weighted by molar-refractivity contribution is 5.95. The number of aromatic amines is 1. The third-order valence-corrected chi connectivity index (χ3v) is 2.30. The lowest BCUT2D eigenvalue weighted by Gasteiger charge is -1.98. The van der Waals surface area contributed by atoms with Crippen molar-refractivity contribution in [2.75, 3.05) is 0 Å². The number of hydrogen-bond acceptors (Lipinski definition) is 1. The summed E-state index contributed by atoms with van der Waals surface area (Å²) in [5.41, 5.74) is 1.93. The summed E-state index contributed by atoms with van der Waals surface area (Å²) in [7, 11) is 0. The molecule has 1 heterocycles. The minimum Gasteiger partial charge on any atom is -0.290 e. The van der Waals surface area contributed by atoms with Crippen molar-refractivity contribution in [3.8, 4) is 0 Å². The molecule has 0 aliphatic rings. The van der Waals surface area contributed by atoms with Crippen molar-refractivity contribution < 1.29 is 9.36 Å². The summed E-state index contributed by atoms with van der Waals surface area (Å²) in [6, 6.07) is 7.64. The van der Waals surface area contributed by atoms with Crippen molar-refractivity contribution >= 4 is 5.78 Å². The number of imidazole rings is 1. The summed E-state index contributed by atoms with van der Waals surface area (Å²) in [6.45, 7) is 2.39. The molecule has 1 aromatic heterocycles. The second-order valence-electron chi connectivity index (χ2n) is 3.57. The highest BCUT2D eigenvalue weighted by Crippen LogP contribution is 2.03. The van der Waals surface area contributed by atoms with Gasteiger partial charge in [-0.05, 0) is 6.92 Å². The number of benzene rings is 1. The number of rotatable bonds is 3. The molecule has 3 heteroatoms. The predicted octanol–water partition coefficient (Wildman–Crippen LogP) is 1.49. The molecule has 0 spiro atoms. The van der Waals surface area contributed by atoms with Crippen LogP contribution in [0.4, 0.5) is 0 Å². The van der Waals surface area contributed by atoms with Crippen LogP contribution in [-0.4, -0.2) is 10.8 Å². The lowest BCUT2D eigenvalue weighted by Crippen LogP contribution is -2.35. The van der Waals surface area contributed by atoms with Crippen LogP contribution in [0.1, 0.15) is 15.9 Å². The van der Waals surface area contributed by atoms with Crippen LogP contribution in [0.15, 0.2) is 43.0 Å². The van der Waals surface area contributed by atoms with Crippen molar-refractivity contribution in [2.45, 2.75) is 13.5 Å². The molecule has 0 amide bonds. The van der Waals surface area contributed by atoms with Gasteiger partial charge in [-0.1, -0.05) is 29.8 Å². The van der Waals surface area contributed by atoms with E-state index in [1.165, 1.54) is 5.56 Å². The number of carbonyl (C=O) groups is 1. The summed E-state index contributed by atoms with van der Waals surface area (Å²) in [5, 5.41) is 0. The Hall–Kier alpha value is -1.90. The van der Waals surface area contributed by atoms with E-state index in [1.807, 2.05) is 42.0 Å². The topological polar surface area (TPSA) is 36.7 Å². The average molecular weight is 201 g/mol. The molecule has 3 nitrogen and oxygen atoms in total. The van der Waals surface area contributed by atoms with Crippen molar-refractivity contribution in [2.24, 2.45) is 0 Å². The third kappa shape index (κ3) is 2.31. The first-order valence-corrected chi connectivity index (χ1v) is 4.87. The van der Waals surface area contributed by atoms with E-state index in [2.05, 4.69) is 4.98 Å². The van der Waals surface area contributed by atoms with E-state index in [9.17, 15) is 4.79 Å². The fourth-order valence-corrected chi connectivity index (χ4v) is 1.42. The van der Waals surface area contributed by atoms with Crippen molar-refractivity contribution in [1.29, 1.82) is 0 Å². The number of ketones is 1. The fourth-order valence-electron chi connectivity index (χ4n) is 1.42. The summed E-state index contributed by atoms with van der Waals surface area (Å²) < 4.78 is 1.82. The Bertz CT molecular complexity index is 443. The van der Waals surface area contributed by atoms with Crippen molar-refractivity contribution in [3.63, 3.8) is 0 Å².